The highest BCUT2D eigenvalue weighted by Gasteiger charge is 2.06. The molecule has 5 heteroatoms. The van der Waals surface area contributed by atoms with Crippen LogP contribution < -0.4 is 5.32 Å². The Labute approximate surface area is 109 Å². The Kier molecular flexibility index (Phi) is 2.82. The molecule has 0 unspecified atom stereocenters. The lowest BCUT2D eigenvalue weighted by Crippen LogP contribution is -1.92. The Balaban J connectivity index is 1.94. The van der Waals surface area contributed by atoms with E-state index in [1.165, 1.54) is 0 Å². The molecule has 90 valence electrons. The third-order valence-corrected chi connectivity index (χ3v) is 3.48. The van der Waals surface area contributed by atoms with Crippen molar-refractivity contribution in [2.24, 2.45) is 0 Å². The molecule has 3 aromatic rings. The molecule has 0 atom stereocenters. The van der Waals surface area contributed by atoms with Gasteiger partial charge in [-0.2, -0.15) is 5.10 Å². The van der Waals surface area contributed by atoms with E-state index in [1.807, 2.05) is 59.8 Å². The average Bonchev–Trinajstić information content (AvgIpc) is 3.08. The fourth-order valence-electron chi connectivity index (χ4n) is 1.70. The van der Waals surface area contributed by atoms with E-state index < -0.39 is 0 Å². The number of para-hydroxylation sites is 1. The maximum atomic E-state index is 4.46. The van der Waals surface area contributed by atoms with Gasteiger partial charge in [-0.3, -0.25) is 0 Å². The molecule has 0 amide bonds. The summed E-state index contributed by atoms with van der Waals surface area (Å²) in [4.78, 5) is 4.46. The third-order valence-electron chi connectivity index (χ3n) is 2.62. The normalized spacial score (nSPS) is 10.5. The monoisotopic (exact) mass is 256 g/mol. The van der Waals surface area contributed by atoms with Crippen molar-refractivity contribution in [3.8, 4) is 16.9 Å². The molecule has 0 saturated carbocycles. The van der Waals surface area contributed by atoms with E-state index in [9.17, 15) is 0 Å². The van der Waals surface area contributed by atoms with Gasteiger partial charge in [-0.05, 0) is 12.1 Å². The van der Waals surface area contributed by atoms with Gasteiger partial charge in [0, 0.05) is 24.2 Å². The molecule has 0 aliphatic rings. The second-order valence-corrected chi connectivity index (χ2v) is 4.66. The minimum Gasteiger partial charge on any atom is -0.365 e. The second-order valence-electron chi connectivity index (χ2n) is 3.80. The van der Waals surface area contributed by atoms with Crippen molar-refractivity contribution in [3.63, 3.8) is 0 Å². The van der Waals surface area contributed by atoms with Crippen LogP contribution in [0.5, 0.6) is 0 Å². The number of hydrogen-bond donors (Lipinski definition) is 1. The smallest absolute Gasteiger partial charge is 0.182 e. The fraction of sp³-hybridized carbons (Fsp3) is 0.0769. The Morgan fingerprint density at radius 2 is 2.06 bits per heavy atom. The Morgan fingerprint density at radius 1 is 1.22 bits per heavy atom. The first-order chi connectivity index (χ1) is 8.86. The van der Waals surface area contributed by atoms with Crippen molar-refractivity contribution < 1.29 is 0 Å². The zero-order valence-corrected chi connectivity index (χ0v) is 10.7. The molecule has 1 aromatic carbocycles. The van der Waals surface area contributed by atoms with Gasteiger partial charge in [-0.25, -0.2) is 9.67 Å². The Hall–Kier alpha value is -2.14. The summed E-state index contributed by atoms with van der Waals surface area (Å²) in [6, 6.07) is 10.0. The van der Waals surface area contributed by atoms with Crippen LogP contribution in [0.2, 0.25) is 0 Å². The number of hydrogen-bond acceptors (Lipinski definition) is 4. The van der Waals surface area contributed by atoms with Crippen LogP contribution in [-0.2, 0) is 0 Å². The van der Waals surface area contributed by atoms with Crippen molar-refractivity contribution in [2.45, 2.75) is 0 Å². The summed E-state index contributed by atoms with van der Waals surface area (Å²) in [6.45, 7) is 0. The number of benzene rings is 1. The maximum Gasteiger partial charge on any atom is 0.182 e. The van der Waals surface area contributed by atoms with Crippen LogP contribution in [0.25, 0.3) is 16.9 Å². The molecule has 4 nitrogen and oxygen atoms in total. The van der Waals surface area contributed by atoms with Gasteiger partial charge in [0.05, 0.1) is 17.6 Å². The number of anilines is 1. The van der Waals surface area contributed by atoms with Gasteiger partial charge in [0.25, 0.3) is 0 Å². The predicted octanol–water partition coefficient (Wildman–Crippen LogP) is 3.04. The van der Waals surface area contributed by atoms with E-state index in [1.54, 1.807) is 11.3 Å². The lowest BCUT2D eigenvalue weighted by Gasteiger charge is -1.98. The summed E-state index contributed by atoms with van der Waals surface area (Å²) < 4.78 is 1.85. The Morgan fingerprint density at radius 3 is 2.78 bits per heavy atom. The summed E-state index contributed by atoms with van der Waals surface area (Å²) in [5, 5.41) is 10.3. The molecule has 0 aliphatic heterocycles. The number of nitrogens with zero attached hydrogens (tertiary/aromatic N) is 3. The molecule has 2 aromatic heterocycles. The second kappa shape index (κ2) is 4.62. The van der Waals surface area contributed by atoms with Crippen molar-refractivity contribution in [2.75, 3.05) is 12.4 Å². The summed E-state index contributed by atoms with van der Waals surface area (Å²) >= 11 is 1.59. The van der Waals surface area contributed by atoms with Gasteiger partial charge in [-0.1, -0.05) is 18.2 Å². The minimum absolute atomic E-state index is 0.914. The first-order valence-corrected chi connectivity index (χ1v) is 6.48. The topological polar surface area (TPSA) is 42.7 Å². The molecule has 0 bridgehead atoms. The molecule has 0 aliphatic carbocycles. The van der Waals surface area contributed by atoms with Gasteiger partial charge < -0.3 is 5.32 Å². The quantitative estimate of drug-likeness (QED) is 0.783. The number of aromatic nitrogens is 3. The first kappa shape index (κ1) is 11.0. The summed E-state index contributed by atoms with van der Waals surface area (Å²) in [6.07, 6.45) is 3.82. The largest absolute Gasteiger partial charge is 0.365 e. The van der Waals surface area contributed by atoms with Crippen LogP contribution in [0.15, 0.2) is 48.1 Å². The van der Waals surface area contributed by atoms with Crippen molar-refractivity contribution >= 4 is 16.5 Å². The highest BCUT2D eigenvalue weighted by atomic mass is 32.1. The third kappa shape index (κ3) is 2.00. The molecule has 2 heterocycles. The van der Waals surface area contributed by atoms with Crippen molar-refractivity contribution in [3.05, 3.63) is 48.1 Å². The number of nitrogens with one attached hydrogen (secondary N) is 1. The van der Waals surface area contributed by atoms with E-state index in [0.29, 0.717) is 0 Å². The van der Waals surface area contributed by atoms with Crippen LogP contribution >= 0.6 is 11.3 Å². The standard InChI is InChI=1S/C13H12N4S/c1-14-13-16-12(9-18-13)10-7-15-17(8-10)11-5-3-2-4-6-11/h2-9H,1H3,(H,14,16). The molecule has 0 saturated heterocycles. The molecule has 0 fully saturated rings. The van der Waals surface area contributed by atoms with Gasteiger partial charge in [0.2, 0.25) is 0 Å². The maximum absolute atomic E-state index is 4.46. The van der Waals surface area contributed by atoms with Crippen LogP contribution in [0.3, 0.4) is 0 Å². The van der Waals surface area contributed by atoms with Gasteiger partial charge >= 0.3 is 0 Å². The van der Waals surface area contributed by atoms with Crippen LogP contribution in [0.1, 0.15) is 0 Å². The Bertz CT molecular complexity index is 642. The fourth-order valence-corrected chi connectivity index (χ4v) is 2.38. The van der Waals surface area contributed by atoms with Crippen LogP contribution in [-0.4, -0.2) is 21.8 Å². The van der Waals surface area contributed by atoms with Crippen LogP contribution in [0, 0.1) is 0 Å². The SMILES string of the molecule is CNc1nc(-c2cnn(-c3ccccc3)c2)cs1. The molecule has 3 rings (SSSR count). The molecular weight excluding hydrogens is 244 g/mol. The van der Waals surface area contributed by atoms with Gasteiger partial charge in [0.1, 0.15) is 0 Å². The minimum atomic E-state index is 0.914. The average molecular weight is 256 g/mol. The molecule has 1 N–H and O–H groups in total. The highest BCUT2D eigenvalue weighted by molar-refractivity contribution is 7.14. The van der Waals surface area contributed by atoms with E-state index >= 15 is 0 Å². The lowest BCUT2D eigenvalue weighted by atomic mass is 10.3. The summed E-state index contributed by atoms with van der Waals surface area (Å²) in [5.74, 6) is 0. The van der Waals surface area contributed by atoms with Gasteiger partial charge in [0.15, 0.2) is 5.13 Å². The van der Waals surface area contributed by atoms with Crippen molar-refractivity contribution in [1.82, 2.24) is 14.8 Å². The van der Waals surface area contributed by atoms with Crippen molar-refractivity contribution in [1.29, 1.82) is 0 Å². The number of rotatable bonds is 3. The van der Waals surface area contributed by atoms with E-state index in [2.05, 4.69) is 15.4 Å². The van der Waals surface area contributed by atoms with Gasteiger partial charge in [-0.15, -0.1) is 11.3 Å². The summed E-state index contributed by atoms with van der Waals surface area (Å²) in [7, 11) is 1.87. The highest BCUT2D eigenvalue weighted by Crippen LogP contribution is 2.24. The predicted molar refractivity (Wildman–Crippen MR) is 74.2 cm³/mol. The van der Waals surface area contributed by atoms with E-state index in [0.717, 1.165) is 22.1 Å². The zero-order chi connectivity index (χ0) is 12.4. The zero-order valence-electron chi connectivity index (χ0n) is 9.87. The molecular formula is C13H12N4S. The molecule has 0 radical (unpaired) electrons. The first-order valence-electron chi connectivity index (χ1n) is 5.60. The lowest BCUT2D eigenvalue weighted by molar-refractivity contribution is 0.881. The van der Waals surface area contributed by atoms with Crippen LogP contribution in [0.4, 0.5) is 5.13 Å². The molecule has 0 spiro atoms. The summed E-state index contributed by atoms with van der Waals surface area (Å²) in [5.41, 5.74) is 3.02. The van der Waals surface area contributed by atoms with E-state index in [-0.39, 0.29) is 0 Å². The number of thiazole rings is 1. The van der Waals surface area contributed by atoms with E-state index in [4.69, 9.17) is 0 Å². The molecule has 18 heavy (non-hydrogen) atoms.